The molecule has 0 spiro atoms. The lowest BCUT2D eigenvalue weighted by molar-refractivity contribution is 0.334. The Labute approximate surface area is 141 Å². The van der Waals surface area contributed by atoms with E-state index in [2.05, 4.69) is 46.0 Å². The molecule has 122 valence electrons. The van der Waals surface area contributed by atoms with Gasteiger partial charge in [-0.2, -0.15) is 4.98 Å². The summed E-state index contributed by atoms with van der Waals surface area (Å²) >= 11 is 0. The Hall–Kier alpha value is -2.95. The van der Waals surface area contributed by atoms with Gasteiger partial charge in [0.2, 0.25) is 0 Å². The van der Waals surface area contributed by atoms with Gasteiger partial charge in [-0.1, -0.05) is 29.4 Å². The maximum Gasteiger partial charge on any atom is 0.259 e. The zero-order chi connectivity index (χ0) is 16.8. The maximum absolute atomic E-state index is 5.45. The molecule has 0 bridgehead atoms. The minimum absolute atomic E-state index is 0.455. The molecular formula is C19H20N4O. The largest absolute Gasteiger partial charge is 0.372 e. The average Bonchev–Trinajstić information content (AvgIpc) is 2.64. The van der Waals surface area contributed by atoms with Crippen LogP contribution in [0.3, 0.4) is 0 Å². The summed E-state index contributed by atoms with van der Waals surface area (Å²) < 4.78 is 0. The van der Waals surface area contributed by atoms with Crippen molar-refractivity contribution in [3.05, 3.63) is 60.4 Å². The molecular weight excluding hydrogens is 300 g/mol. The van der Waals surface area contributed by atoms with E-state index in [1.165, 1.54) is 12.0 Å². The van der Waals surface area contributed by atoms with Crippen LogP contribution in [0.2, 0.25) is 0 Å². The monoisotopic (exact) mass is 320 g/mol. The Morgan fingerprint density at radius 3 is 2.50 bits per heavy atom. The molecule has 0 fully saturated rings. The highest BCUT2D eigenvalue weighted by Gasteiger charge is 2.03. The number of aromatic nitrogens is 2. The van der Waals surface area contributed by atoms with Crippen molar-refractivity contribution in [2.24, 2.45) is 5.16 Å². The molecule has 1 aromatic heterocycles. The zero-order valence-electron chi connectivity index (χ0n) is 13.9. The summed E-state index contributed by atoms with van der Waals surface area (Å²) in [5.74, 6) is 0.455. The van der Waals surface area contributed by atoms with Gasteiger partial charge in [-0.15, -0.1) is 0 Å². The molecule has 0 N–H and O–H groups in total. The average molecular weight is 320 g/mol. The molecule has 0 amide bonds. The summed E-state index contributed by atoms with van der Waals surface area (Å²) in [5, 5.41) is 4.89. The van der Waals surface area contributed by atoms with Crippen LogP contribution in [-0.2, 0) is 0 Å². The fraction of sp³-hybridized carbons (Fsp3) is 0.211. The molecule has 0 saturated heterocycles. The molecule has 0 saturated carbocycles. The number of anilines is 1. The first-order valence-corrected chi connectivity index (χ1v) is 8.07. The fourth-order valence-electron chi connectivity index (χ4n) is 2.55. The van der Waals surface area contributed by atoms with E-state index < -0.39 is 0 Å². The topological polar surface area (TPSA) is 50.6 Å². The van der Waals surface area contributed by atoms with Gasteiger partial charge in [0.1, 0.15) is 6.33 Å². The predicted molar refractivity (Wildman–Crippen MR) is 97.8 cm³/mol. The van der Waals surface area contributed by atoms with Gasteiger partial charge < -0.3 is 9.74 Å². The third-order valence-electron chi connectivity index (χ3n) is 3.87. The molecule has 0 aliphatic rings. The quantitative estimate of drug-likeness (QED) is 0.511. The van der Waals surface area contributed by atoms with Crippen molar-refractivity contribution in [2.45, 2.75) is 13.8 Å². The number of nitrogens with zero attached hydrogens (tertiary/aromatic N) is 4. The highest BCUT2D eigenvalue weighted by molar-refractivity contribution is 5.83. The van der Waals surface area contributed by atoms with Crippen LogP contribution in [0.15, 0.2) is 60.0 Å². The summed E-state index contributed by atoms with van der Waals surface area (Å²) in [4.78, 5) is 16.1. The Balaban J connectivity index is 1.72. The first-order valence-electron chi connectivity index (χ1n) is 8.07. The third kappa shape index (κ3) is 3.51. The van der Waals surface area contributed by atoms with Crippen LogP contribution in [0.1, 0.15) is 19.4 Å². The van der Waals surface area contributed by atoms with E-state index in [0.717, 1.165) is 29.6 Å². The standard InChI is InChI=1S/C19H20N4O/c1-3-23(4-2)16-11-9-15(10-12-16)13-22-24-19-17-7-5-6-8-18(17)20-14-21-19/h5-14H,3-4H2,1-2H3/b22-13-. The SMILES string of the molecule is CCN(CC)c1ccc(/C=N\Oc2ncnc3ccccc23)cc1. The zero-order valence-corrected chi connectivity index (χ0v) is 13.9. The number of fused-ring (bicyclic) bond motifs is 1. The summed E-state index contributed by atoms with van der Waals surface area (Å²) in [6.45, 7) is 6.29. The van der Waals surface area contributed by atoms with Gasteiger partial charge >= 0.3 is 0 Å². The van der Waals surface area contributed by atoms with Gasteiger partial charge in [-0.25, -0.2) is 4.98 Å². The first-order chi connectivity index (χ1) is 11.8. The third-order valence-corrected chi connectivity index (χ3v) is 3.87. The van der Waals surface area contributed by atoms with Crippen LogP contribution < -0.4 is 9.74 Å². The number of hydrogen-bond donors (Lipinski definition) is 0. The van der Waals surface area contributed by atoms with E-state index in [9.17, 15) is 0 Å². The van der Waals surface area contributed by atoms with Crippen LogP contribution in [0.25, 0.3) is 10.9 Å². The van der Waals surface area contributed by atoms with Gasteiger partial charge in [0.05, 0.1) is 17.1 Å². The highest BCUT2D eigenvalue weighted by Crippen LogP contribution is 2.20. The molecule has 1 heterocycles. The van der Waals surface area contributed by atoms with E-state index in [-0.39, 0.29) is 0 Å². The van der Waals surface area contributed by atoms with E-state index in [0.29, 0.717) is 5.88 Å². The Bertz CT molecular complexity index is 821. The molecule has 0 aliphatic carbocycles. The molecule has 3 aromatic rings. The Morgan fingerprint density at radius 1 is 1.00 bits per heavy atom. The first kappa shape index (κ1) is 15.9. The van der Waals surface area contributed by atoms with E-state index in [4.69, 9.17) is 4.84 Å². The summed E-state index contributed by atoms with van der Waals surface area (Å²) in [6.07, 6.45) is 3.16. The van der Waals surface area contributed by atoms with Crippen molar-refractivity contribution in [2.75, 3.05) is 18.0 Å². The van der Waals surface area contributed by atoms with Gasteiger partial charge in [0, 0.05) is 18.8 Å². The van der Waals surface area contributed by atoms with Gasteiger partial charge in [0.25, 0.3) is 5.88 Å². The summed E-state index contributed by atoms with van der Waals surface area (Å²) in [5.41, 5.74) is 3.02. The van der Waals surface area contributed by atoms with Crippen LogP contribution >= 0.6 is 0 Å². The molecule has 2 aromatic carbocycles. The highest BCUT2D eigenvalue weighted by atomic mass is 16.6. The second-order valence-corrected chi connectivity index (χ2v) is 5.29. The molecule has 24 heavy (non-hydrogen) atoms. The summed E-state index contributed by atoms with van der Waals surface area (Å²) in [7, 11) is 0. The number of benzene rings is 2. The van der Waals surface area contributed by atoms with Crippen molar-refractivity contribution < 1.29 is 4.84 Å². The number of para-hydroxylation sites is 1. The number of oxime groups is 1. The smallest absolute Gasteiger partial charge is 0.259 e. The van der Waals surface area contributed by atoms with Crippen molar-refractivity contribution in [1.29, 1.82) is 0 Å². The Kier molecular flexibility index (Phi) is 5.01. The van der Waals surface area contributed by atoms with Crippen LogP contribution in [0.5, 0.6) is 5.88 Å². The predicted octanol–water partition coefficient (Wildman–Crippen LogP) is 3.89. The van der Waals surface area contributed by atoms with Gasteiger partial charge in [-0.05, 0) is 43.7 Å². The van der Waals surface area contributed by atoms with Crippen LogP contribution in [0, 0.1) is 0 Å². The fourth-order valence-corrected chi connectivity index (χ4v) is 2.55. The van der Waals surface area contributed by atoms with Crippen molar-refractivity contribution in [1.82, 2.24) is 9.97 Å². The minimum Gasteiger partial charge on any atom is -0.372 e. The van der Waals surface area contributed by atoms with Gasteiger partial charge in [-0.3, -0.25) is 0 Å². The van der Waals surface area contributed by atoms with Gasteiger partial charge in [0.15, 0.2) is 0 Å². The van der Waals surface area contributed by atoms with Crippen LogP contribution in [0.4, 0.5) is 5.69 Å². The van der Waals surface area contributed by atoms with Crippen molar-refractivity contribution in [3.8, 4) is 5.88 Å². The molecule has 0 aliphatic heterocycles. The van der Waals surface area contributed by atoms with Crippen molar-refractivity contribution >= 4 is 22.8 Å². The molecule has 0 atom stereocenters. The van der Waals surface area contributed by atoms with Crippen molar-refractivity contribution in [3.63, 3.8) is 0 Å². The lowest BCUT2D eigenvalue weighted by Gasteiger charge is -2.20. The molecule has 5 heteroatoms. The second-order valence-electron chi connectivity index (χ2n) is 5.29. The molecule has 3 rings (SSSR count). The normalized spacial score (nSPS) is 11.1. The summed E-state index contributed by atoms with van der Waals surface area (Å²) in [6, 6.07) is 15.9. The molecule has 0 radical (unpaired) electrons. The number of hydrogen-bond acceptors (Lipinski definition) is 5. The lowest BCUT2D eigenvalue weighted by Crippen LogP contribution is -2.21. The molecule has 5 nitrogen and oxygen atoms in total. The minimum atomic E-state index is 0.455. The second kappa shape index (κ2) is 7.55. The van der Waals surface area contributed by atoms with E-state index in [1.807, 2.05) is 36.4 Å². The van der Waals surface area contributed by atoms with Crippen LogP contribution in [-0.4, -0.2) is 29.3 Å². The number of rotatable bonds is 6. The lowest BCUT2D eigenvalue weighted by atomic mass is 10.2. The Morgan fingerprint density at radius 2 is 1.75 bits per heavy atom. The molecule has 0 unspecified atom stereocenters. The maximum atomic E-state index is 5.45. The van der Waals surface area contributed by atoms with E-state index in [1.54, 1.807) is 6.21 Å². The van der Waals surface area contributed by atoms with E-state index >= 15 is 0 Å².